The summed E-state index contributed by atoms with van der Waals surface area (Å²) in [5, 5.41) is 10.9. The Bertz CT molecular complexity index is 990. The number of nitrogens with zero attached hydrogens (tertiary/aromatic N) is 3. The number of hydrogen-bond acceptors (Lipinski definition) is 6. The predicted octanol–water partition coefficient (Wildman–Crippen LogP) is 2.53. The SMILES string of the molecule is Cc1ccc([N+](=O)[O-])cc1S(=O)(=O)NCCCN1CCN(c2ccc(F)cc2)CC1. The second-order valence-electron chi connectivity index (χ2n) is 7.26. The number of nitro groups is 1. The fourth-order valence-electron chi connectivity index (χ4n) is 3.46. The number of halogens is 1. The highest BCUT2D eigenvalue weighted by Gasteiger charge is 2.21. The Hall–Kier alpha value is -2.56. The van der Waals surface area contributed by atoms with Crippen molar-refractivity contribution < 1.29 is 17.7 Å². The van der Waals surface area contributed by atoms with Crippen molar-refractivity contribution in [1.29, 1.82) is 0 Å². The molecule has 30 heavy (non-hydrogen) atoms. The molecule has 0 amide bonds. The Balaban J connectivity index is 1.46. The highest BCUT2D eigenvalue weighted by molar-refractivity contribution is 7.89. The smallest absolute Gasteiger partial charge is 0.270 e. The quantitative estimate of drug-likeness (QED) is 0.388. The molecule has 2 aromatic rings. The van der Waals surface area contributed by atoms with Gasteiger partial charge in [-0.2, -0.15) is 0 Å². The van der Waals surface area contributed by atoms with E-state index in [9.17, 15) is 22.9 Å². The van der Waals surface area contributed by atoms with Gasteiger partial charge in [-0.15, -0.1) is 0 Å². The van der Waals surface area contributed by atoms with E-state index >= 15 is 0 Å². The third-order valence-electron chi connectivity index (χ3n) is 5.18. The number of rotatable bonds is 8. The first-order chi connectivity index (χ1) is 14.3. The molecular formula is C20H25FN4O4S. The summed E-state index contributed by atoms with van der Waals surface area (Å²) >= 11 is 0. The first-order valence-corrected chi connectivity index (χ1v) is 11.2. The molecule has 0 atom stereocenters. The summed E-state index contributed by atoms with van der Waals surface area (Å²) in [5.41, 5.74) is 1.21. The van der Waals surface area contributed by atoms with Gasteiger partial charge in [0.05, 0.1) is 9.82 Å². The summed E-state index contributed by atoms with van der Waals surface area (Å²) < 4.78 is 40.6. The van der Waals surface area contributed by atoms with Crippen molar-refractivity contribution in [3.63, 3.8) is 0 Å². The van der Waals surface area contributed by atoms with E-state index in [0.717, 1.165) is 44.5 Å². The van der Waals surface area contributed by atoms with Crippen LogP contribution in [0.15, 0.2) is 47.4 Å². The number of anilines is 1. The second kappa shape index (κ2) is 9.50. The molecule has 1 aliphatic heterocycles. The molecule has 0 saturated carbocycles. The minimum absolute atomic E-state index is 0.0652. The third kappa shape index (κ3) is 5.53. The molecule has 1 N–H and O–H groups in total. The number of sulfonamides is 1. The number of nitrogens with one attached hydrogen (secondary N) is 1. The summed E-state index contributed by atoms with van der Waals surface area (Å²) in [5.74, 6) is -0.250. The molecule has 10 heteroatoms. The average molecular weight is 437 g/mol. The van der Waals surface area contributed by atoms with Crippen LogP contribution in [0.25, 0.3) is 0 Å². The molecule has 1 aliphatic rings. The first kappa shape index (κ1) is 22.1. The van der Waals surface area contributed by atoms with Crippen LogP contribution in [0.4, 0.5) is 15.8 Å². The van der Waals surface area contributed by atoms with Gasteiger partial charge in [0.2, 0.25) is 10.0 Å². The summed E-state index contributed by atoms with van der Waals surface area (Å²) in [6.45, 7) is 5.94. The van der Waals surface area contributed by atoms with Crippen LogP contribution in [-0.2, 0) is 10.0 Å². The van der Waals surface area contributed by atoms with Crippen molar-refractivity contribution in [1.82, 2.24) is 9.62 Å². The molecule has 0 aromatic heterocycles. The average Bonchev–Trinajstić information content (AvgIpc) is 2.72. The van der Waals surface area contributed by atoms with Crippen molar-refractivity contribution in [2.45, 2.75) is 18.2 Å². The first-order valence-electron chi connectivity index (χ1n) is 9.74. The number of benzene rings is 2. The molecule has 8 nitrogen and oxygen atoms in total. The van der Waals surface area contributed by atoms with Crippen molar-refractivity contribution in [2.75, 3.05) is 44.2 Å². The minimum Gasteiger partial charge on any atom is -0.369 e. The zero-order valence-corrected chi connectivity index (χ0v) is 17.6. The van der Waals surface area contributed by atoms with E-state index in [1.54, 1.807) is 19.1 Å². The Kier molecular flexibility index (Phi) is 7.01. The van der Waals surface area contributed by atoms with E-state index in [1.165, 1.54) is 24.3 Å². The highest BCUT2D eigenvalue weighted by atomic mass is 32.2. The number of nitro benzene ring substituents is 1. The lowest BCUT2D eigenvalue weighted by molar-refractivity contribution is -0.385. The van der Waals surface area contributed by atoms with Gasteiger partial charge in [0.25, 0.3) is 5.69 Å². The number of non-ortho nitro benzene ring substituents is 1. The van der Waals surface area contributed by atoms with Crippen molar-refractivity contribution in [2.24, 2.45) is 0 Å². The molecule has 0 unspecified atom stereocenters. The molecule has 0 radical (unpaired) electrons. The molecule has 0 bridgehead atoms. The van der Waals surface area contributed by atoms with Crippen LogP contribution in [0, 0.1) is 22.9 Å². The summed E-state index contributed by atoms with van der Waals surface area (Å²) in [7, 11) is -3.81. The van der Waals surface area contributed by atoms with Gasteiger partial charge >= 0.3 is 0 Å². The standard InChI is InChI=1S/C20H25FN4O4S/c1-16-3-6-19(25(26)27)15-20(16)30(28,29)22-9-2-10-23-11-13-24(14-12-23)18-7-4-17(21)5-8-18/h3-8,15,22H,2,9-14H2,1H3. The molecular weight excluding hydrogens is 411 g/mol. The Morgan fingerprint density at radius 3 is 2.40 bits per heavy atom. The Labute approximate surface area is 175 Å². The third-order valence-corrected chi connectivity index (χ3v) is 6.78. The predicted molar refractivity (Wildman–Crippen MR) is 113 cm³/mol. The molecule has 162 valence electrons. The minimum atomic E-state index is -3.81. The van der Waals surface area contributed by atoms with Gasteiger partial charge in [-0.05, 0) is 49.7 Å². The van der Waals surface area contributed by atoms with E-state index in [4.69, 9.17) is 0 Å². The van der Waals surface area contributed by atoms with Crippen LogP contribution in [-0.4, -0.2) is 57.5 Å². The number of hydrogen-bond donors (Lipinski definition) is 1. The molecule has 1 heterocycles. The fourth-order valence-corrected chi connectivity index (χ4v) is 4.80. The number of aryl methyl sites for hydroxylation is 1. The van der Waals surface area contributed by atoms with Gasteiger partial charge < -0.3 is 4.90 Å². The molecule has 2 aromatic carbocycles. The Morgan fingerprint density at radius 1 is 1.10 bits per heavy atom. The maximum Gasteiger partial charge on any atom is 0.270 e. The normalized spacial score (nSPS) is 15.3. The van der Waals surface area contributed by atoms with Gasteiger partial charge in [-0.25, -0.2) is 17.5 Å². The maximum absolute atomic E-state index is 13.1. The van der Waals surface area contributed by atoms with Gasteiger partial charge in [-0.3, -0.25) is 15.0 Å². The van der Waals surface area contributed by atoms with Crippen LogP contribution in [0.5, 0.6) is 0 Å². The molecule has 0 spiro atoms. The van der Waals surface area contributed by atoms with E-state index in [1.807, 2.05) is 0 Å². The van der Waals surface area contributed by atoms with E-state index in [-0.39, 0.29) is 22.9 Å². The summed E-state index contributed by atoms with van der Waals surface area (Å²) in [4.78, 5) is 14.7. The summed E-state index contributed by atoms with van der Waals surface area (Å²) in [6, 6.07) is 10.3. The molecule has 0 aliphatic carbocycles. The largest absolute Gasteiger partial charge is 0.369 e. The van der Waals surface area contributed by atoms with Crippen LogP contribution >= 0.6 is 0 Å². The topological polar surface area (TPSA) is 95.8 Å². The lowest BCUT2D eigenvalue weighted by atomic mass is 10.2. The van der Waals surface area contributed by atoms with Crippen molar-refractivity contribution >= 4 is 21.4 Å². The van der Waals surface area contributed by atoms with Crippen molar-refractivity contribution in [3.8, 4) is 0 Å². The zero-order chi connectivity index (χ0) is 21.7. The number of piperazine rings is 1. The maximum atomic E-state index is 13.1. The molecule has 3 rings (SSSR count). The van der Waals surface area contributed by atoms with E-state index in [0.29, 0.717) is 12.0 Å². The summed E-state index contributed by atoms with van der Waals surface area (Å²) in [6.07, 6.45) is 0.629. The van der Waals surface area contributed by atoms with Crippen LogP contribution in [0.1, 0.15) is 12.0 Å². The fraction of sp³-hybridized carbons (Fsp3) is 0.400. The Morgan fingerprint density at radius 2 is 1.77 bits per heavy atom. The molecule has 1 saturated heterocycles. The zero-order valence-electron chi connectivity index (χ0n) is 16.8. The van der Waals surface area contributed by atoms with E-state index < -0.39 is 14.9 Å². The van der Waals surface area contributed by atoms with Crippen LogP contribution in [0.3, 0.4) is 0 Å². The highest BCUT2D eigenvalue weighted by Crippen LogP contribution is 2.21. The van der Waals surface area contributed by atoms with Crippen LogP contribution < -0.4 is 9.62 Å². The lowest BCUT2D eigenvalue weighted by Gasteiger charge is -2.36. The lowest BCUT2D eigenvalue weighted by Crippen LogP contribution is -2.47. The van der Waals surface area contributed by atoms with Gasteiger partial charge in [0.1, 0.15) is 5.82 Å². The van der Waals surface area contributed by atoms with Gasteiger partial charge in [0, 0.05) is 50.5 Å². The van der Waals surface area contributed by atoms with Gasteiger partial charge in [-0.1, -0.05) is 6.07 Å². The molecule has 1 fully saturated rings. The monoisotopic (exact) mass is 436 g/mol. The van der Waals surface area contributed by atoms with Gasteiger partial charge in [0.15, 0.2) is 0 Å². The van der Waals surface area contributed by atoms with Crippen molar-refractivity contribution in [3.05, 3.63) is 64.0 Å². The second-order valence-corrected chi connectivity index (χ2v) is 9.00. The van der Waals surface area contributed by atoms with Crippen LogP contribution in [0.2, 0.25) is 0 Å². The van der Waals surface area contributed by atoms with E-state index in [2.05, 4.69) is 14.5 Å².